The smallest absolute Gasteiger partial charge is 0.264 e. The van der Waals surface area contributed by atoms with Gasteiger partial charge in [0.1, 0.15) is 0 Å². The first-order chi connectivity index (χ1) is 11.4. The Kier molecular flexibility index (Phi) is 5.71. The van der Waals surface area contributed by atoms with Crippen LogP contribution in [0.5, 0.6) is 0 Å². The van der Waals surface area contributed by atoms with Gasteiger partial charge in [0.25, 0.3) is 15.9 Å². The molecule has 0 unspecified atom stereocenters. The van der Waals surface area contributed by atoms with E-state index in [0.29, 0.717) is 11.3 Å². The highest BCUT2D eigenvalue weighted by Crippen LogP contribution is 2.17. The van der Waals surface area contributed by atoms with Gasteiger partial charge in [-0.25, -0.2) is 8.42 Å². The summed E-state index contributed by atoms with van der Waals surface area (Å²) in [5.74, 6) is -0.299. The molecule has 6 nitrogen and oxygen atoms in total. The Morgan fingerprint density at radius 2 is 1.83 bits per heavy atom. The fraction of sp³-hybridized carbons (Fsp3) is 0.235. The first kappa shape index (κ1) is 18.1. The molecule has 2 rings (SSSR count). The quantitative estimate of drug-likeness (QED) is 0.815. The van der Waals surface area contributed by atoms with E-state index < -0.39 is 10.0 Å². The summed E-state index contributed by atoms with van der Waals surface area (Å²) in [6, 6.07) is 13.3. The molecule has 7 heteroatoms. The summed E-state index contributed by atoms with van der Waals surface area (Å²) in [6.07, 6.45) is 0.878. The molecule has 128 valence electrons. The number of nitrogens with zero attached hydrogens (tertiary/aromatic N) is 1. The lowest BCUT2D eigenvalue weighted by atomic mass is 10.1. The lowest BCUT2D eigenvalue weighted by molar-refractivity contribution is -0.0258. The Morgan fingerprint density at radius 1 is 1.17 bits per heavy atom. The van der Waals surface area contributed by atoms with Gasteiger partial charge in [-0.05, 0) is 48.4 Å². The van der Waals surface area contributed by atoms with Crippen molar-refractivity contribution in [2.24, 2.45) is 0 Å². The number of amides is 1. The highest BCUT2D eigenvalue weighted by Gasteiger charge is 2.20. The van der Waals surface area contributed by atoms with Crippen molar-refractivity contribution in [3.05, 3.63) is 59.7 Å². The van der Waals surface area contributed by atoms with E-state index in [0.717, 1.165) is 16.5 Å². The van der Waals surface area contributed by atoms with Crippen LogP contribution in [0.3, 0.4) is 0 Å². The molecule has 0 aliphatic heterocycles. The summed E-state index contributed by atoms with van der Waals surface area (Å²) in [7, 11) is -1.15. The van der Waals surface area contributed by atoms with Gasteiger partial charge in [-0.1, -0.05) is 23.5 Å². The van der Waals surface area contributed by atoms with E-state index >= 15 is 0 Å². The minimum absolute atomic E-state index is 0.0522. The number of carbonyl (C=O) groups excluding carboxylic acids is 1. The van der Waals surface area contributed by atoms with E-state index in [-0.39, 0.29) is 10.8 Å². The van der Waals surface area contributed by atoms with Crippen LogP contribution in [0.15, 0.2) is 53.4 Å². The molecular weight excluding hydrogens is 328 g/mol. The summed E-state index contributed by atoms with van der Waals surface area (Å²) in [4.78, 5) is 17.0. The molecule has 0 atom stereocenters. The number of hydroxylamine groups is 1. The predicted molar refractivity (Wildman–Crippen MR) is 92.2 cm³/mol. The largest absolute Gasteiger partial charge is 0.322 e. The molecule has 0 heterocycles. The molecule has 0 saturated carbocycles. The third-order valence-electron chi connectivity index (χ3n) is 3.60. The Labute approximate surface area is 142 Å². The topological polar surface area (TPSA) is 75.7 Å². The van der Waals surface area contributed by atoms with Gasteiger partial charge >= 0.3 is 0 Å². The van der Waals surface area contributed by atoms with Crippen LogP contribution in [0.2, 0.25) is 0 Å². The molecule has 0 aliphatic rings. The molecule has 0 radical (unpaired) electrons. The zero-order valence-electron chi connectivity index (χ0n) is 13.8. The number of carbonyl (C=O) groups is 1. The number of sulfonamides is 1. The van der Waals surface area contributed by atoms with E-state index in [1.807, 2.05) is 31.2 Å². The van der Waals surface area contributed by atoms with E-state index in [2.05, 4.69) is 5.32 Å². The molecule has 2 aromatic rings. The number of rotatable bonds is 6. The molecule has 24 heavy (non-hydrogen) atoms. The molecule has 0 aromatic heterocycles. The highest BCUT2D eigenvalue weighted by atomic mass is 32.2. The summed E-state index contributed by atoms with van der Waals surface area (Å²) in [5, 5.41) is 2.80. The van der Waals surface area contributed by atoms with E-state index in [1.165, 1.54) is 38.4 Å². The Bertz CT molecular complexity index is 817. The van der Waals surface area contributed by atoms with Gasteiger partial charge in [-0.3, -0.25) is 9.63 Å². The molecule has 0 aliphatic carbocycles. The zero-order chi connectivity index (χ0) is 17.7. The fourth-order valence-electron chi connectivity index (χ4n) is 2.10. The molecule has 1 N–H and O–H groups in total. The van der Waals surface area contributed by atoms with Gasteiger partial charge in [0.2, 0.25) is 0 Å². The minimum atomic E-state index is -3.72. The summed E-state index contributed by atoms with van der Waals surface area (Å²) in [6.45, 7) is 2.04. The molecule has 0 fully saturated rings. The lowest BCUT2D eigenvalue weighted by Gasteiger charge is -2.14. The van der Waals surface area contributed by atoms with Crippen LogP contribution in [0.25, 0.3) is 0 Å². The summed E-state index contributed by atoms with van der Waals surface area (Å²) >= 11 is 0. The maximum atomic E-state index is 12.3. The molecular formula is C17H20N2O4S. The third kappa shape index (κ3) is 4.00. The van der Waals surface area contributed by atoms with Crippen LogP contribution in [0, 0.1) is 0 Å². The van der Waals surface area contributed by atoms with E-state index in [1.54, 1.807) is 0 Å². The highest BCUT2D eigenvalue weighted by molar-refractivity contribution is 7.89. The van der Waals surface area contributed by atoms with Crippen molar-refractivity contribution in [3.8, 4) is 0 Å². The van der Waals surface area contributed by atoms with E-state index in [4.69, 9.17) is 4.84 Å². The van der Waals surface area contributed by atoms with Gasteiger partial charge < -0.3 is 5.32 Å². The predicted octanol–water partition coefficient (Wildman–Crippen LogP) is 2.68. The van der Waals surface area contributed by atoms with Crippen molar-refractivity contribution in [2.75, 3.05) is 19.5 Å². The second-order valence-electron chi connectivity index (χ2n) is 5.13. The molecule has 0 spiro atoms. The van der Waals surface area contributed by atoms with Crippen molar-refractivity contribution >= 4 is 21.6 Å². The third-order valence-corrected chi connectivity index (χ3v) is 5.30. The Balaban J connectivity index is 2.17. The monoisotopic (exact) mass is 348 g/mol. The maximum absolute atomic E-state index is 12.3. The number of nitrogens with one attached hydrogen (secondary N) is 1. The van der Waals surface area contributed by atoms with Crippen LogP contribution >= 0.6 is 0 Å². The number of aryl methyl sites for hydroxylation is 1. The number of anilines is 1. The van der Waals surface area contributed by atoms with Gasteiger partial charge in [0.15, 0.2) is 0 Å². The van der Waals surface area contributed by atoms with Crippen LogP contribution < -0.4 is 5.32 Å². The van der Waals surface area contributed by atoms with Gasteiger partial charge in [0.05, 0.1) is 12.0 Å². The van der Waals surface area contributed by atoms with E-state index in [9.17, 15) is 13.2 Å². The molecule has 0 bridgehead atoms. The number of hydrogen-bond donors (Lipinski definition) is 1. The molecule has 1 amide bonds. The SMILES string of the molecule is CCc1cccc(NC(=O)c2ccc(S(=O)(=O)N(C)OC)cc2)c1. The number of benzene rings is 2. The zero-order valence-corrected chi connectivity index (χ0v) is 14.6. The van der Waals surface area contributed by atoms with Crippen molar-refractivity contribution in [1.29, 1.82) is 0 Å². The van der Waals surface area contributed by atoms with Crippen molar-refractivity contribution in [3.63, 3.8) is 0 Å². The van der Waals surface area contributed by atoms with Crippen molar-refractivity contribution in [2.45, 2.75) is 18.2 Å². The maximum Gasteiger partial charge on any atom is 0.264 e. The second kappa shape index (κ2) is 7.57. The first-order valence-electron chi connectivity index (χ1n) is 7.42. The van der Waals surface area contributed by atoms with Gasteiger partial charge in [-0.2, -0.15) is 0 Å². The van der Waals surface area contributed by atoms with Gasteiger partial charge in [0, 0.05) is 18.3 Å². The molecule has 2 aromatic carbocycles. The average molecular weight is 348 g/mol. The number of hydrogen-bond acceptors (Lipinski definition) is 4. The normalized spacial score (nSPS) is 11.5. The van der Waals surface area contributed by atoms with Crippen LogP contribution in [0.4, 0.5) is 5.69 Å². The average Bonchev–Trinajstić information content (AvgIpc) is 2.61. The van der Waals surface area contributed by atoms with Crippen molar-refractivity contribution < 1.29 is 18.0 Å². The van der Waals surface area contributed by atoms with Crippen LogP contribution in [0.1, 0.15) is 22.8 Å². The second-order valence-corrected chi connectivity index (χ2v) is 7.07. The Morgan fingerprint density at radius 3 is 2.42 bits per heavy atom. The fourth-order valence-corrected chi connectivity index (χ4v) is 3.07. The Hall–Kier alpha value is -2.22. The summed E-state index contributed by atoms with van der Waals surface area (Å²) in [5.41, 5.74) is 2.20. The van der Waals surface area contributed by atoms with Crippen LogP contribution in [-0.4, -0.2) is 33.0 Å². The van der Waals surface area contributed by atoms with Gasteiger partial charge in [-0.15, -0.1) is 0 Å². The lowest BCUT2D eigenvalue weighted by Crippen LogP contribution is -2.25. The van der Waals surface area contributed by atoms with Crippen LogP contribution in [-0.2, 0) is 21.3 Å². The summed E-state index contributed by atoms with van der Waals surface area (Å²) < 4.78 is 25.0. The van der Waals surface area contributed by atoms with Crippen molar-refractivity contribution in [1.82, 2.24) is 4.47 Å². The minimum Gasteiger partial charge on any atom is -0.322 e. The standard InChI is InChI=1S/C17H20N2O4S/c1-4-13-6-5-7-15(12-13)18-17(20)14-8-10-16(11-9-14)24(21,22)19(2)23-3/h5-12H,4H2,1-3H3,(H,18,20). The molecule has 0 saturated heterocycles. The first-order valence-corrected chi connectivity index (χ1v) is 8.86.